The van der Waals surface area contributed by atoms with E-state index in [2.05, 4.69) is 12.1 Å². The second-order valence-corrected chi connectivity index (χ2v) is 6.17. The summed E-state index contributed by atoms with van der Waals surface area (Å²) in [6, 6.07) is 15.2. The largest absolute Gasteiger partial charge is 0.479 e. The van der Waals surface area contributed by atoms with Gasteiger partial charge in [0.1, 0.15) is 6.61 Å². The van der Waals surface area contributed by atoms with Crippen LogP contribution >= 0.6 is 0 Å². The van der Waals surface area contributed by atoms with Crippen LogP contribution in [0.15, 0.2) is 60.7 Å². The van der Waals surface area contributed by atoms with Crippen molar-refractivity contribution < 1.29 is 19.4 Å². The number of fused-ring (bicyclic) bond motifs is 3. The van der Waals surface area contributed by atoms with Crippen molar-refractivity contribution >= 4 is 12.1 Å². The van der Waals surface area contributed by atoms with Crippen molar-refractivity contribution in [1.29, 1.82) is 0 Å². The fourth-order valence-corrected chi connectivity index (χ4v) is 3.60. The number of hydrogen-bond acceptors (Lipinski definition) is 3. The number of ether oxygens (including phenoxy) is 1. The van der Waals surface area contributed by atoms with Gasteiger partial charge in [-0.25, -0.2) is 9.59 Å². The standard InChI is InChI=1S/C20H17NO4/c22-19(23)18-10-5-11-21(18)20(24)25-12-17-15-8-3-1-6-13(15)14-7-2-4-9-16(14)17/h1-10,17-18H,11-12H2,(H,22,23). The van der Waals surface area contributed by atoms with Crippen LogP contribution in [0, 0.1) is 0 Å². The number of carboxylic acid groups (broad SMARTS) is 1. The Bertz CT molecular complexity index is 828. The molecule has 1 heterocycles. The number of nitrogens with zero attached hydrogens (tertiary/aromatic N) is 1. The number of aliphatic carboxylic acids is 1. The molecule has 0 saturated carbocycles. The minimum atomic E-state index is -1.05. The summed E-state index contributed by atoms with van der Waals surface area (Å²) in [5.74, 6) is -1.09. The molecule has 2 aromatic rings. The van der Waals surface area contributed by atoms with E-state index in [1.165, 1.54) is 11.0 Å². The van der Waals surface area contributed by atoms with Crippen LogP contribution in [0.5, 0.6) is 0 Å². The molecule has 2 aromatic carbocycles. The first-order valence-electron chi connectivity index (χ1n) is 8.18. The molecule has 126 valence electrons. The monoisotopic (exact) mass is 335 g/mol. The molecule has 4 rings (SSSR count). The third kappa shape index (κ3) is 2.58. The third-order valence-corrected chi connectivity index (χ3v) is 4.78. The molecule has 1 N–H and O–H groups in total. The fourth-order valence-electron chi connectivity index (χ4n) is 3.60. The Morgan fingerprint density at radius 2 is 1.64 bits per heavy atom. The van der Waals surface area contributed by atoms with Crippen molar-refractivity contribution in [2.45, 2.75) is 12.0 Å². The topological polar surface area (TPSA) is 66.8 Å². The second kappa shape index (κ2) is 6.09. The Labute approximate surface area is 145 Å². The first-order valence-corrected chi connectivity index (χ1v) is 8.18. The average molecular weight is 335 g/mol. The van der Waals surface area contributed by atoms with E-state index >= 15 is 0 Å². The summed E-state index contributed by atoms with van der Waals surface area (Å²) in [4.78, 5) is 24.8. The van der Waals surface area contributed by atoms with Gasteiger partial charge in [0, 0.05) is 12.5 Å². The summed E-state index contributed by atoms with van der Waals surface area (Å²) >= 11 is 0. The molecule has 5 nitrogen and oxygen atoms in total. The van der Waals surface area contributed by atoms with E-state index in [9.17, 15) is 14.7 Å². The van der Waals surface area contributed by atoms with Crippen molar-refractivity contribution in [2.24, 2.45) is 0 Å². The highest BCUT2D eigenvalue weighted by atomic mass is 16.6. The van der Waals surface area contributed by atoms with Crippen LogP contribution in [0.3, 0.4) is 0 Å². The normalized spacial score (nSPS) is 18.1. The van der Waals surface area contributed by atoms with Crippen LogP contribution in [0.4, 0.5) is 4.79 Å². The van der Waals surface area contributed by atoms with Gasteiger partial charge in [-0.3, -0.25) is 4.90 Å². The lowest BCUT2D eigenvalue weighted by atomic mass is 9.98. The third-order valence-electron chi connectivity index (χ3n) is 4.78. The molecule has 1 aliphatic heterocycles. The predicted octanol–water partition coefficient (Wildman–Crippen LogP) is 3.26. The molecule has 0 bridgehead atoms. The van der Waals surface area contributed by atoms with E-state index in [0.717, 1.165) is 22.3 Å². The van der Waals surface area contributed by atoms with E-state index in [1.807, 2.05) is 36.4 Å². The fraction of sp³-hybridized carbons (Fsp3) is 0.200. The Morgan fingerprint density at radius 3 is 2.24 bits per heavy atom. The molecule has 0 radical (unpaired) electrons. The lowest BCUT2D eigenvalue weighted by Gasteiger charge is -2.22. The number of amides is 1. The van der Waals surface area contributed by atoms with E-state index < -0.39 is 18.1 Å². The highest BCUT2D eigenvalue weighted by molar-refractivity contribution is 5.83. The molecule has 5 heteroatoms. The van der Waals surface area contributed by atoms with Crippen LogP contribution < -0.4 is 0 Å². The summed E-state index contributed by atoms with van der Waals surface area (Å²) in [5, 5.41) is 9.17. The lowest BCUT2D eigenvalue weighted by molar-refractivity contribution is -0.140. The van der Waals surface area contributed by atoms with Gasteiger partial charge in [0.05, 0.1) is 0 Å². The summed E-state index contributed by atoms with van der Waals surface area (Å²) in [7, 11) is 0. The van der Waals surface area contributed by atoms with Gasteiger partial charge in [-0.1, -0.05) is 60.7 Å². The molecular weight excluding hydrogens is 318 g/mol. The number of carbonyl (C=O) groups excluding carboxylic acids is 1. The Kier molecular flexibility index (Phi) is 3.76. The van der Waals surface area contributed by atoms with E-state index in [1.54, 1.807) is 6.08 Å². The van der Waals surface area contributed by atoms with Gasteiger partial charge in [0.25, 0.3) is 0 Å². The van der Waals surface area contributed by atoms with Gasteiger partial charge in [0.2, 0.25) is 0 Å². The molecule has 2 aliphatic rings. The SMILES string of the molecule is O=C(O)C1C=CCN1C(=O)OCC1c2ccccc2-c2ccccc21. The summed E-state index contributed by atoms with van der Waals surface area (Å²) in [5.41, 5.74) is 4.58. The Morgan fingerprint density at radius 1 is 1.04 bits per heavy atom. The molecule has 0 aromatic heterocycles. The van der Waals surface area contributed by atoms with E-state index in [4.69, 9.17) is 4.74 Å². The van der Waals surface area contributed by atoms with Gasteiger partial charge < -0.3 is 9.84 Å². The number of benzene rings is 2. The van der Waals surface area contributed by atoms with Crippen LogP contribution in [-0.4, -0.2) is 41.3 Å². The quantitative estimate of drug-likeness (QED) is 0.874. The minimum absolute atomic E-state index is 0.0322. The highest BCUT2D eigenvalue weighted by Gasteiger charge is 2.33. The van der Waals surface area contributed by atoms with Crippen LogP contribution in [0.25, 0.3) is 11.1 Å². The van der Waals surface area contributed by atoms with Crippen molar-refractivity contribution in [2.75, 3.05) is 13.2 Å². The lowest BCUT2D eigenvalue weighted by Crippen LogP contribution is -2.41. The molecule has 1 unspecified atom stereocenters. The maximum atomic E-state index is 12.3. The number of carboxylic acids is 1. The van der Waals surface area contributed by atoms with Crippen molar-refractivity contribution in [3.63, 3.8) is 0 Å². The zero-order valence-electron chi connectivity index (χ0n) is 13.5. The Hall–Kier alpha value is -3.08. The number of rotatable bonds is 3. The predicted molar refractivity (Wildman–Crippen MR) is 92.3 cm³/mol. The molecular formula is C20H17NO4. The maximum absolute atomic E-state index is 12.3. The molecule has 0 fully saturated rings. The minimum Gasteiger partial charge on any atom is -0.479 e. The van der Waals surface area contributed by atoms with Crippen molar-refractivity contribution in [1.82, 2.24) is 4.90 Å². The average Bonchev–Trinajstić information content (AvgIpc) is 3.23. The summed E-state index contributed by atoms with van der Waals surface area (Å²) in [6.07, 6.45) is 2.57. The van der Waals surface area contributed by atoms with Crippen LogP contribution in [0.1, 0.15) is 17.0 Å². The second-order valence-electron chi connectivity index (χ2n) is 6.17. The first kappa shape index (κ1) is 15.4. The molecule has 1 atom stereocenters. The zero-order valence-corrected chi connectivity index (χ0v) is 13.5. The maximum Gasteiger partial charge on any atom is 0.411 e. The highest BCUT2D eigenvalue weighted by Crippen LogP contribution is 2.44. The number of carbonyl (C=O) groups is 2. The van der Waals surface area contributed by atoms with Crippen molar-refractivity contribution in [3.05, 3.63) is 71.8 Å². The van der Waals surface area contributed by atoms with E-state index in [0.29, 0.717) is 0 Å². The molecule has 25 heavy (non-hydrogen) atoms. The van der Waals surface area contributed by atoms with Gasteiger partial charge >= 0.3 is 12.1 Å². The van der Waals surface area contributed by atoms with Gasteiger partial charge in [-0.15, -0.1) is 0 Å². The van der Waals surface area contributed by atoms with Gasteiger partial charge in [0.15, 0.2) is 6.04 Å². The molecule has 0 spiro atoms. The summed E-state index contributed by atoms with van der Waals surface area (Å²) in [6.45, 7) is 0.448. The summed E-state index contributed by atoms with van der Waals surface area (Å²) < 4.78 is 5.49. The molecule has 0 saturated heterocycles. The van der Waals surface area contributed by atoms with Gasteiger partial charge in [-0.05, 0) is 22.3 Å². The Balaban J connectivity index is 1.54. The number of hydrogen-bond donors (Lipinski definition) is 1. The smallest absolute Gasteiger partial charge is 0.411 e. The zero-order chi connectivity index (χ0) is 17.4. The van der Waals surface area contributed by atoms with Crippen LogP contribution in [0.2, 0.25) is 0 Å². The first-order chi connectivity index (χ1) is 12.2. The van der Waals surface area contributed by atoms with Crippen molar-refractivity contribution in [3.8, 4) is 11.1 Å². The molecule has 1 amide bonds. The van der Waals surface area contributed by atoms with E-state index in [-0.39, 0.29) is 19.1 Å². The van der Waals surface area contributed by atoms with Gasteiger partial charge in [-0.2, -0.15) is 0 Å². The van der Waals surface area contributed by atoms with Crippen LogP contribution in [-0.2, 0) is 9.53 Å². The molecule has 1 aliphatic carbocycles.